The fraction of sp³-hybridized carbons (Fsp3) is 0.286. The second-order valence-corrected chi connectivity index (χ2v) is 6.66. The van der Waals surface area contributed by atoms with E-state index >= 15 is 0 Å². The number of ether oxygens (including phenoxy) is 1. The summed E-state index contributed by atoms with van der Waals surface area (Å²) in [6.07, 6.45) is 0. The zero-order valence-corrected chi connectivity index (χ0v) is 13.3. The van der Waals surface area contributed by atoms with E-state index < -0.39 is 0 Å². The molecule has 0 aliphatic rings. The van der Waals surface area contributed by atoms with Gasteiger partial charge in [0, 0.05) is 22.7 Å². The molecular formula is C14H16BrNO2S. The van der Waals surface area contributed by atoms with Gasteiger partial charge in [-0.25, -0.2) is 0 Å². The summed E-state index contributed by atoms with van der Waals surface area (Å²) >= 11 is 5.26. The number of methoxy groups -OCH3 is 1. The molecule has 3 nitrogen and oxygen atoms in total. The molecule has 0 bridgehead atoms. The van der Waals surface area contributed by atoms with Crippen molar-refractivity contribution in [3.63, 3.8) is 0 Å². The summed E-state index contributed by atoms with van der Waals surface area (Å²) in [7, 11) is 1.60. The van der Waals surface area contributed by atoms with Gasteiger partial charge in [-0.1, -0.05) is 0 Å². The van der Waals surface area contributed by atoms with Crippen molar-refractivity contribution in [3.8, 4) is 5.75 Å². The Morgan fingerprint density at radius 3 is 2.74 bits per heavy atom. The van der Waals surface area contributed by atoms with Crippen molar-refractivity contribution in [1.29, 1.82) is 0 Å². The highest BCUT2D eigenvalue weighted by atomic mass is 79.9. The topological polar surface area (TPSA) is 41.5 Å². The Bertz CT molecular complexity index is 549. The molecule has 2 aromatic rings. The molecule has 0 aliphatic heterocycles. The van der Waals surface area contributed by atoms with Gasteiger partial charge in [0.05, 0.1) is 17.5 Å². The summed E-state index contributed by atoms with van der Waals surface area (Å²) in [4.78, 5) is 1.27. The Balaban J connectivity index is 2.07. The van der Waals surface area contributed by atoms with Gasteiger partial charge in [0.15, 0.2) is 0 Å². The number of aliphatic hydroxyl groups excluding tert-OH is 1. The van der Waals surface area contributed by atoms with E-state index in [2.05, 4.69) is 34.2 Å². The Labute approximate surface area is 125 Å². The molecule has 0 aliphatic carbocycles. The molecule has 0 spiro atoms. The highest BCUT2D eigenvalue weighted by Crippen LogP contribution is 2.28. The van der Waals surface area contributed by atoms with Crippen LogP contribution in [0.25, 0.3) is 0 Å². The van der Waals surface area contributed by atoms with Crippen LogP contribution in [0.15, 0.2) is 28.1 Å². The van der Waals surface area contributed by atoms with Crippen LogP contribution >= 0.6 is 27.3 Å². The number of rotatable bonds is 5. The smallest absolute Gasteiger partial charge is 0.124 e. The molecule has 0 saturated heterocycles. The third-order valence-electron chi connectivity index (χ3n) is 2.83. The van der Waals surface area contributed by atoms with Crippen molar-refractivity contribution < 1.29 is 9.84 Å². The van der Waals surface area contributed by atoms with Gasteiger partial charge < -0.3 is 15.2 Å². The van der Waals surface area contributed by atoms with Crippen molar-refractivity contribution in [3.05, 3.63) is 44.1 Å². The van der Waals surface area contributed by atoms with E-state index in [1.165, 1.54) is 14.2 Å². The molecule has 1 aromatic heterocycles. The second kappa shape index (κ2) is 6.41. The van der Waals surface area contributed by atoms with Crippen molar-refractivity contribution >= 4 is 33.0 Å². The van der Waals surface area contributed by atoms with E-state index in [-0.39, 0.29) is 6.61 Å². The molecule has 1 heterocycles. The minimum Gasteiger partial charge on any atom is -0.496 e. The SMILES string of the molecule is COc1ccc(NCc2cc(C)c(Br)s2)cc1CO. The van der Waals surface area contributed by atoms with Crippen molar-refractivity contribution in [2.24, 2.45) is 0 Å². The van der Waals surface area contributed by atoms with Crippen LogP contribution in [0.2, 0.25) is 0 Å². The van der Waals surface area contributed by atoms with Gasteiger partial charge in [0.2, 0.25) is 0 Å². The maximum absolute atomic E-state index is 9.29. The molecule has 102 valence electrons. The van der Waals surface area contributed by atoms with Crippen molar-refractivity contribution in [2.45, 2.75) is 20.1 Å². The van der Waals surface area contributed by atoms with E-state index in [1.54, 1.807) is 18.4 Å². The average molecular weight is 342 g/mol. The minimum absolute atomic E-state index is 0.0254. The van der Waals surface area contributed by atoms with Gasteiger partial charge in [-0.15, -0.1) is 11.3 Å². The fourth-order valence-corrected chi connectivity index (χ4v) is 3.38. The number of aliphatic hydroxyl groups is 1. The van der Waals surface area contributed by atoms with E-state index in [4.69, 9.17) is 4.74 Å². The lowest BCUT2D eigenvalue weighted by atomic mass is 10.2. The summed E-state index contributed by atoms with van der Waals surface area (Å²) in [5.41, 5.74) is 3.02. The monoisotopic (exact) mass is 341 g/mol. The quantitative estimate of drug-likeness (QED) is 0.865. The standard InChI is InChI=1S/C14H16BrNO2S/c1-9-5-12(19-14(9)15)7-16-11-3-4-13(18-2)10(6-11)8-17/h3-6,16-17H,7-8H2,1-2H3. The number of anilines is 1. The number of hydrogen-bond donors (Lipinski definition) is 2. The normalized spacial score (nSPS) is 10.5. The molecule has 19 heavy (non-hydrogen) atoms. The minimum atomic E-state index is -0.0254. The second-order valence-electron chi connectivity index (χ2n) is 4.21. The van der Waals surface area contributed by atoms with E-state index in [0.29, 0.717) is 5.75 Å². The number of benzene rings is 1. The van der Waals surface area contributed by atoms with Gasteiger partial charge in [-0.05, 0) is 52.7 Å². The highest BCUT2D eigenvalue weighted by Gasteiger charge is 2.05. The first-order valence-electron chi connectivity index (χ1n) is 5.90. The van der Waals surface area contributed by atoms with Gasteiger partial charge in [-0.2, -0.15) is 0 Å². The van der Waals surface area contributed by atoms with Crippen LogP contribution in [0.1, 0.15) is 16.0 Å². The molecule has 5 heteroatoms. The third-order valence-corrected chi connectivity index (χ3v) is 4.96. The maximum atomic E-state index is 9.29. The molecule has 2 N–H and O–H groups in total. The van der Waals surface area contributed by atoms with E-state index in [0.717, 1.165) is 17.8 Å². The van der Waals surface area contributed by atoms with Gasteiger partial charge in [0.25, 0.3) is 0 Å². The lowest BCUT2D eigenvalue weighted by Crippen LogP contribution is -1.99. The lowest BCUT2D eigenvalue weighted by Gasteiger charge is -2.10. The summed E-state index contributed by atoms with van der Waals surface area (Å²) < 4.78 is 6.36. The Kier molecular flexibility index (Phi) is 4.85. The van der Waals surface area contributed by atoms with Crippen LogP contribution in [0.4, 0.5) is 5.69 Å². The molecule has 0 radical (unpaired) electrons. The first kappa shape index (κ1) is 14.4. The van der Waals surface area contributed by atoms with Crippen LogP contribution in [0, 0.1) is 6.92 Å². The number of nitrogens with one attached hydrogen (secondary N) is 1. The zero-order valence-electron chi connectivity index (χ0n) is 10.9. The predicted octanol–water partition coefficient (Wildman–Crippen LogP) is 3.93. The van der Waals surface area contributed by atoms with Crippen LogP contribution in [-0.4, -0.2) is 12.2 Å². The number of thiophene rings is 1. The molecule has 0 unspecified atom stereocenters. The molecule has 2 rings (SSSR count). The average Bonchev–Trinajstić information content (AvgIpc) is 2.75. The summed E-state index contributed by atoms with van der Waals surface area (Å²) in [6, 6.07) is 7.89. The maximum Gasteiger partial charge on any atom is 0.124 e. The van der Waals surface area contributed by atoms with E-state index in [1.807, 2.05) is 18.2 Å². The molecule has 0 fully saturated rings. The summed E-state index contributed by atoms with van der Waals surface area (Å²) in [5.74, 6) is 0.711. The van der Waals surface area contributed by atoms with Crippen molar-refractivity contribution in [1.82, 2.24) is 0 Å². The predicted molar refractivity (Wildman–Crippen MR) is 83.0 cm³/mol. The zero-order chi connectivity index (χ0) is 13.8. The largest absolute Gasteiger partial charge is 0.496 e. The van der Waals surface area contributed by atoms with E-state index in [9.17, 15) is 5.11 Å². The van der Waals surface area contributed by atoms with Crippen molar-refractivity contribution in [2.75, 3.05) is 12.4 Å². The highest BCUT2D eigenvalue weighted by molar-refractivity contribution is 9.11. The lowest BCUT2D eigenvalue weighted by molar-refractivity contribution is 0.274. The molecule has 0 amide bonds. The Morgan fingerprint density at radius 2 is 2.16 bits per heavy atom. The van der Waals surface area contributed by atoms with Gasteiger partial charge in [0.1, 0.15) is 5.75 Å². The van der Waals surface area contributed by atoms with Crippen LogP contribution in [0.3, 0.4) is 0 Å². The molecule has 0 atom stereocenters. The third kappa shape index (κ3) is 3.49. The number of halogens is 1. The van der Waals surface area contributed by atoms with Gasteiger partial charge in [-0.3, -0.25) is 0 Å². The Hall–Kier alpha value is -1.04. The molecule has 1 aromatic carbocycles. The first-order valence-corrected chi connectivity index (χ1v) is 7.51. The molecule has 0 saturated carbocycles. The van der Waals surface area contributed by atoms with Crippen LogP contribution in [-0.2, 0) is 13.2 Å². The van der Waals surface area contributed by atoms with Crippen LogP contribution < -0.4 is 10.1 Å². The number of aryl methyl sites for hydroxylation is 1. The summed E-state index contributed by atoms with van der Waals surface area (Å²) in [6.45, 7) is 2.83. The summed E-state index contributed by atoms with van der Waals surface area (Å²) in [5, 5.41) is 12.6. The Morgan fingerprint density at radius 1 is 1.37 bits per heavy atom. The van der Waals surface area contributed by atoms with Gasteiger partial charge >= 0.3 is 0 Å². The fourth-order valence-electron chi connectivity index (χ4n) is 1.81. The number of hydrogen-bond acceptors (Lipinski definition) is 4. The van der Waals surface area contributed by atoms with Crippen LogP contribution in [0.5, 0.6) is 5.75 Å². The first-order chi connectivity index (χ1) is 9.13. The molecular weight excluding hydrogens is 326 g/mol.